The molecule has 0 amide bonds. The molecule has 1 heterocycles. The Morgan fingerprint density at radius 1 is 1.44 bits per heavy atom. The molecule has 0 aromatic carbocycles. The van der Waals surface area contributed by atoms with E-state index in [-0.39, 0.29) is 5.69 Å². The Bertz CT molecular complexity index is 457. The Labute approximate surface area is 108 Å². The second-order valence-corrected chi connectivity index (χ2v) is 4.23. The first kappa shape index (κ1) is 14.3. The summed E-state index contributed by atoms with van der Waals surface area (Å²) in [4.78, 5) is 16.0. The average Bonchev–Trinajstić information content (AvgIpc) is 2.63. The van der Waals surface area contributed by atoms with E-state index in [1.165, 1.54) is 5.57 Å². The molecular formula is C13H21N3O2. The summed E-state index contributed by atoms with van der Waals surface area (Å²) in [5.74, 6) is 0.719. The molecule has 2 N–H and O–H groups in total. The Morgan fingerprint density at radius 2 is 2.11 bits per heavy atom. The lowest BCUT2D eigenvalue weighted by atomic mass is 10.3. The van der Waals surface area contributed by atoms with Crippen LogP contribution < -0.4 is 5.73 Å². The highest BCUT2D eigenvalue weighted by atomic mass is 16.5. The minimum atomic E-state index is -0.458. The van der Waals surface area contributed by atoms with Crippen LogP contribution in [0.25, 0.3) is 0 Å². The predicted molar refractivity (Wildman–Crippen MR) is 71.4 cm³/mol. The third kappa shape index (κ3) is 3.12. The highest BCUT2D eigenvalue weighted by Crippen LogP contribution is 2.17. The van der Waals surface area contributed by atoms with Gasteiger partial charge in [-0.15, -0.1) is 0 Å². The Morgan fingerprint density at radius 3 is 2.61 bits per heavy atom. The van der Waals surface area contributed by atoms with Crippen LogP contribution in [0, 0.1) is 0 Å². The van der Waals surface area contributed by atoms with Crippen LogP contribution >= 0.6 is 0 Å². The molecule has 0 atom stereocenters. The van der Waals surface area contributed by atoms with Crippen molar-refractivity contribution < 1.29 is 9.53 Å². The topological polar surface area (TPSA) is 70.1 Å². The molecule has 0 spiro atoms. The van der Waals surface area contributed by atoms with Crippen molar-refractivity contribution in [3.8, 4) is 0 Å². The molecule has 18 heavy (non-hydrogen) atoms. The molecule has 5 nitrogen and oxygen atoms in total. The van der Waals surface area contributed by atoms with Gasteiger partial charge in [0.1, 0.15) is 11.6 Å². The molecule has 0 aliphatic rings. The third-order valence-electron chi connectivity index (χ3n) is 2.55. The van der Waals surface area contributed by atoms with Gasteiger partial charge in [-0.2, -0.15) is 0 Å². The van der Waals surface area contributed by atoms with Crippen molar-refractivity contribution in [1.29, 1.82) is 0 Å². The molecule has 0 saturated carbocycles. The number of anilines is 1. The zero-order chi connectivity index (χ0) is 13.7. The van der Waals surface area contributed by atoms with E-state index in [1.54, 1.807) is 6.92 Å². The minimum Gasteiger partial charge on any atom is -0.461 e. The maximum Gasteiger partial charge on any atom is 0.360 e. The third-order valence-corrected chi connectivity index (χ3v) is 2.55. The monoisotopic (exact) mass is 251 g/mol. The van der Waals surface area contributed by atoms with E-state index < -0.39 is 5.97 Å². The number of allylic oxidation sites excluding steroid dienone is 2. The van der Waals surface area contributed by atoms with Crippen molar-refractivity contribution in [2.75, 3.05) is 12.3 Å². The summed E-state index contributed by atoms with van der Waals surface area (Å²) in [6.07, 6.45) is 2.77. The number of carbonyl (C=O) groups is 1. The SMILES string of the molecule is CCOC(=O)c1nc(CC)n(CC=C(C)C)c1N. The lowest BCUT2D eigenvalue weighted by Crippen LogP contribution is -2.10. The van der Waals surface area contributed by atoms with Gasteiger partial charge in [0.25, 0.3) is 0 Å². The maximum atomic E-state index is 11.7. The summed E-state index contributed by atoms with van der Waals surface area (Å²) < 4.78 is 6.78. The molecule has 1 rings (SSSR count). The molecule has 0 radical (unpaired) electrons. The molecular weight excluding hydrogens is 230 g/mol. The van der Waals surface area contributed by atoms with Gasteiger partial charge >= 0.3 is 5.97 Å². The van der Waals surface area contributed by atoms with Gasteiger partial charge in [0, 0.05) is 13.0 Å². The molecule has 100 valence electrons. The largest absolute Gasteiger partial charge is 0.461 e. The van der Waals surface area contributed by atoms with Gasteiger partial charge in [-0.1, -0.05) is 18.6 Å². The normalized spacial score (nSPS) is 10.2. The van der Waals surface area contributed by atoms with E-state index in [9.17, 15) is 4.79 Å². The quantitative estimate of drug-likeness (QED) is 0.643. The molecule has 0 saturated heterocycles. The lowest BCUT2D eigenvalue weighted by molar-refractivity contribution is 0.0521. The minimum absolute atomic E-state index is 0.218. The molecule has 0 fully saturated rings. The molecule has 5 heteroatoms. The van der Waals surface area contributed by atoms with Crippen LogP contribution in [0.2, 0.25) is 0 Å². The van der Waals surface area contributed by atoms with E-state index in [4.69, 9.17) is 10.5 Å². The van der Waals surface area contributed by atoms with Crippen LogP contribution in [-0.2, 0) is 17.7 Å². The summed E-state index contributed by atoms with van der Waals surface area (Å²) in [5.41, 5.74) is 7.38. The van der Waals surface area contributed by atoms with Crippen molar-refractivity contribution in [1.82, 2.24) is 9.55 Å². The average molecular weight is 251 g/mol. The van der Waals surface area contributed by atoms with Crippen LogP contribution in [0.5, 0.6) is 0 Å². The molecule has 0 aliphatic heterocycles. The number of esters is 1. The molecule has 0 bridgehead atoms. The van der Waals surface area contributed by atoms with E-state index in [0.29, 0.717) is 19.0 Å². The number of ether oxygens (including phenoxy) is 1. The van der Waals surface area contributed by atoms with Crippen molar-refractivity contribution in [2.24, 2.45) is 0 Å². The van der Waals surface area contributed by atoms with Crippen molar-refractivity contribution in [3.05, 3.63) is 23.2 Å². The number of hydrogen-bond acceptors (Lipinski definition) is 4. The Balaban J connectivity index is 3.10. The van der Waals surface area contributed by atoms with Gasteiger partial charge in [-0.05, 0) is 20.8 Å². The first-order valence-electron chi connectivity index (χ1n) is 6.16. The molecule has 1 aromatic heterocycles. The fourth-order valence-corrected chi connectivity index (χ4v) is 1.61. The lowest BCUT2D eigenvalue weighted by Gasteiger charge is -2.06. The molecule has 1 aromatic rings. The number of carbonyl (C=O) groups excluding carboxylic acids is 1. The van der Waals surface area contributed by atoms with Crippen molar-refractivity contribution in [2.45, 2.75) is 40.7 Å². The Hall–Kier alpha value is -1.78. The van der Waals surface area contributed by atoms with E-state index in [2.05, 4.69) is 4.98 Å². The summed E-state index contributed by atoms with van der Waals surface area (Å²) in [5, 5.41) is 0. The molecule has 0 aliphatic carbocycles. The van der Waals surface area contributed by atoms with Gasteiger partial charge in [0.2, 0.25) is 0 Å². The van der Waals surface area contributed by atoms with Crippen molar-refractivity contribution in [3.63, 3.8) is 0 Å². The summed E-state index contributed by atoms with van der Waals surface area (Å²) in [6, 6.07) is 0. The summed E-state index contributed by atoms with van der Waals surface area (Å²) in [7, 11) is 0. The van der Waals surface area contributed by atoms with E-state index in [0.717, 1.165) is 12.2 Å². The standard InChI is InChI=1S/C13H21N3O2/c1-5-10-15-11(13(17)18-6-2)12(14)16(10)8-7-9(3)4/h7H,5-6,8,14H2,1-4H3. The summed E-state index contributed by atoms with van der Waals surface area (Å²) in [6.45, 7) is 8.73. The van der Waals surface area contributed by atoms with Gasteiger partial charge in [0.15, 0.2) is 5.69 Å². The van der Waals surface area contributed by atoms with Gasteiger partial charge in [0.05, 0.1) is 6.61 Å². The number of nitrogens with zero attached hydrogens (tertiary/aromatic N) is 2. The number of rotatable bonds is 5. The predicted octanol–water partition coefficient (Wildman–Crippen LogP) is 2.17. The Kier molecular flexibility index (Phi) is 4.95. The number of aromatic nitrogens is 2. The highest BCUT2D eigenvalue weighted by molar-refractivity contribution is 5.92. The van der Waals surface area contributed by atoms with Gasteiger partial charge < -0.3 is 15.0 Å². The summed E-state index contributed by atoms with van der Waals surface area (Å²) >= 11 is 0. The number of imidazole rings is 1. The highest BCUT2D eigenvalue weighted by Gasteiger charge is 2.20. The fourth-order valence-electron chi connectivity index (χ4n) is 1.61. The van der Waals surface area contributed by atoms with Crippen LogP contribution in [0.3, 0.4) is 0 Å². The second kappa shape index (κ2) is 6.23. The van der Waals surface area contributed by atoms with Gasteiger partial charge in [-0.25, -0.2) is 9.78 Å². The first-order valence-corrected chi connectivity index (χ1v) is 6.16. The fraction of sp³-hybridized carbons (Fsp3) is 0.538. The van der Waals surface area contributed by atoms with E-state index in [1.807, 2.05) is 31.4 Å². The maximum absolute atomic E-state index is 11.7. The molecule has 0 unspecified atom stereocenters. The number of nitrogens with two attached hydrogens (primary N) is 1. The second-order valence-electron chi connectivity index (χ2n) is 4.23. The van der Waals surface area contributed by atoms with Gasteiger partial charge in [-0.3, -0.25) is 0 Å². The van der Waals surface area contributed by atoms with Crippen LogP contribution in [0.1, 0.15) is 44.0 Å². The number of hydrogen-bond donors (Lipinski definition) is 1. The van der Waals surface area contributed by atoms with Crippen molar-refractivity contribution >= 4 is 11.8 Å². The van der Waals surface area contributed by atoms with Crippen LogP contribution in [0.15, 0.2) is 11.6 Å². The van der Waals surface area contributed by atoms with Crippen LogP contribution in [-0.4, -0.2) is 22.1 Å². The van der Waals surface area contributed by atoms with E-state index >= 15 is 0 Å². The smallest absolute Gasteiger partial charge is 0.360 e. The first-order chi connectivity index (χ1) is 8.51. The zero-order valence-electron chi connectivity index (χ0n) is 11.5. The zero-order valence-corrected chi connectivity index (χ0v) is 11.5. The number of nitrogen functional groups attached to an aromatic ring is 1. The number of aryl methyl sites for hydroxylation is 1. The van der Waals surface area contributed by atoms with Crippen LogP contribution in [0.4, 0.5) is 5.82 Å².